The first-order chi connectivity index (χ1) is 10.3. The fourth-order valence-electron chi connectivity index (χ4n) is 2.23. The number of halogens is 4. The van der Waals surface area contributed by atoms with E-state index in [1.807, 2.05) is 19.1 Å². The van der Waals surface area contributed by atoms with E-state index in [1.165, 1.54) is 0 Å². The first kappa shape index (κ1) is 18.0. The summed E-state index contributed by atoms with van der Waals surface area (Å²) in [5.41, 5.74) is -2.46. The van der Waals surface area contributed by atoms with Crippen LogP contribution in [0.5, 0.6) is 0 Å². The molecule has 0 unspecified atom stereocenters. The summed E-state index contributed by atoms with van der Waals surface area (Å²) in [4.78, 5) is 0. The highest BCUT2D eigenvalue weighted by molar-refractivity contribution is 5.30. The van der Waals surface area contributed by atoms with Gasteiger partial charge in [0.2, 0.25) is 0 Å². The summed E-state index contributed by atoms with van der Waals surface area (Å²) in [6, 6.07) is 6.39. The Hall–Kier alpha value is -2.08. The van der Waals surface area contributed by atoms with Gasteiger partial charge in [0.05, 0.1) is 17.7 Å². The van der Waals surface area contributed by atoms with Crippen LogP contribution >= 0.6 is 0 Å². The SMILES string of the molecule is CCCCCC(C#N)(C#N)Cc1ccc(C(F)(F)F)c(F)c1. The third kappa shape index (κ3) is 4.46. The van der Waals surface area contributed by atoms with Crippen LogP contribution in [0, 0.1) is 33.9 Å². The molecule has 0 saturated heterocycles. The third-order valence-corrected chi connectivity index (χ3v) is 3.48. The summed E-state index contributed by atoms with van der Waals surface area (Å²) in [5, 5.41) is 18.5. The zero-order valence-electron chi connectivity index (χ0n) is 12.2. The molecular weight excluding hydrogens is 296 g/mol. The molecule has 0 aliphatic heterocycles. The minimum Gasteiger partial charge on any atom is -0.206 e. The van der Waals surface area contributed by atoms with E-state index in [2.05, 4.69) is 0 Å². The van der Waals surface area contributed by atoms with Crippen LogP contribution in [-0.2, 0) is 12.6 Å². The number of rotatable bonds is 6. The van der Waals surface area contributed by atoms with Gasteiger partial charge >= 0.3 is 6.18 Å². The molecule has 22 heavy (non-hydrogen) atoms. The molecule has 0 N–H and O–H groups in total. The number of alkyl halides is 3. The van der Waals surface area contributed by atoms with Crippen LogP contribution < -0.4 is 0 Å². The lowest BCUT2D eigenvalue weighted by Crippen LogP contribution is -2.20. The molecule has 1 aromatic rings. The quantitative estimate of drug-likeness (QED) is 0.548. The van der Waals surface area contributed by atoms with Gasteiger partial charge in [-0.1, -0.05) is 32.3 Å². The Balaban J connectivity index is 2.99. The molecule has 0 saturated carbocycles. The van der Waals surface area contributed by atoms with Crippen molar-refractivity contribution in [3.05, 3.63) is 35.1 Å². The fourth-order valence-corrected chi connectivity index (χ4v) is 2.23. The van der Waals surface area contributed by atoms with Crippen molar-refractivity contribution in [3.63, 3.8) is 0 Å². The average Bonchev–Trinajstić information content (AvgIpc) is 2.45. The molecule has 0 amide bonds. The normalized spacial score (nSPS) is 11.8. The molecule has 0 fully saturated rings. The first-order valence-electron chi connectivity index (χ1n) is 6.96. The van der Waals surface area contributed by atoms with E-state index in [-0.39, 0.29) is 12.0 Å². The Bertz CT molecular complexity index is 580. The van der Waals surface area contributed by atoms with Gasteiger partial charge in [-0.2, -0.15) is 23.7 Å². The van der Waals surface area contributed by atoms with Crippen molar-refractivity contribution >= 4 is 0 Å². The van der Waals surface area contributed by atoms with Crippen LogP contribution in [0.2, 0.25) is 0 Å². The monoisotopic (exact) mass is 312 g/mol. The van der Waals surface area contributed by atoms with E-state index in [1.54, 1.807) is 0 Å². The number of nitriles is 2. The van der Waals surface area contributed by atoms with E-state index >= 15 is 0 Å². The molecule has 1 aromatic carbocycles. The van der Waals surface area contributed by atoms with Crippen LogP contribution in [0.3, 0.4) is 0 Å². The van der Waals surface area contributed by atoms with Crippen molar-refractivity contribution in [1.29, 1.82) is 10.5 Å². The third-order valence-electron chi connectivity index (χ3n) is 3.48. The second-order valence-corrected chi connectivity index (χ2v) is 5.25. The summed E-state index contributed by atoms with van der Waals surface area (Å²) in [6.45, 7) is 1.98. The zero-order chi connectivity index (χ0) is 16.8. The Labute approximate surface area is 127 Å². The Morgan fingerprint density at radius 2 is 1.73 bits per heavy atom. The smallest absolute Gasteiger partial charge is 0.206 e. The average molecular weight is 312 g/mol. The van der Waals surface area contributed by atoms with E-state index in [4.69, 9.17) is 0 Å². The summed E-state index contributed by atoms with van der Waals surface area (Å²) < 4.78 is 51.1. The van der Waals surface area contributed by atoms with Crippen molar-refractivity contribution in [2.24, 2.45) is 5.41 Å². The van der Waals surface area contributed by atoms with Gasteiger partial charge in [0.1, 0.15) is 11.2 Å². The molecule has 0 radical (unpaired) electrons. The summed E-state index contributed by atoms with van der Waals surface area (Å²) in [6.07, 6.45) is -2.09. The van der Waals surface area contributed by atoms with Crippen molar-refractivity contribution in [2.75, 3.05) is 0 Å². The minimum atomic E-state index is -4.76. The standard InChI is InChI=1S/C16H16F4N2/c1-2-3-4-7-15(10-21,11-22)9-12-5-6-13(14(17)8-12)16(18,19)20/h5-6,8H,2-4,7,9H2,1H3. The fraction of sp³-hybridized carbons (Fsp3) is 0.500. The zero-order valence-corrected chi connectivity index (χ0v) is 12.2. The molecule has 2 nitrogen and oxygen atoms in total. The van der Waals surface area contributed by atoms with Crippen molar-refractivity contribution < 1.29 is 17.6 Å². The molecule has 118 valence electrons. The van der Waals surface area contributed by atoms with Gasteiger partial charge in [-0.05, 0) is 24.1 Å². The van der Waals surface area contributed by atoms with E-state index in [0.717, 1.165) is 25.0 Å². The number of benzene rings is 1. The van der Waals surface area contributed by atoms with Crippen LogP contribution in [0.1, 0.15) is 43.7 Å². The molecule has 0 spiro atoms. The van der Waals surface area contributed by atoms with E-state index in [0.29, 0.717) is 18.9 Å². The lowest BCUT2D eigenvalue weighted by molar-refractivity contribution is -0.140. The van der Waals surface area contributed by atoms with Gasteiger partial charge in [0, 0.05) is 6.42 Å². The number of unbranched alkanes of at least 4 members (excludes halogenated alkanes) is 2. The number of hydrogen-bond donors (Lipinski definition) is 0. The lowest BCUT2D eigenvalue weighted by atomic mass is 9.80. The highest BCUT2D eigenvalue weighted by Gasteiger charge is 2.35. The molecule has 6 heteroatoms. The van der Waals surface area contributed by atoms with Gasteiger partial charge in [0.25, 0.3) is 0 Å². The number of nitrogens with zero attached hydrogens (tertiary/aromatic N) is 2. The van der Waals surface area contributed by atoms with Gasteiger partial charge in [0.15, 0.2) is 0 Å². The van der Waals surface area contributed by atoms with Crippen molar-refractivity contribution in [3.8, 4) is 12.1 Å². The second-order valence-electron chi connectivity index (χ2n) is 5.25. The largest absolute Gasteiger partial charge is 0.419 e. The maximum absolute atomic E-state index is 13.5. The predicted molar refractivity (Wildman–Crippen MR) is 72.9 cm³/mol. The second kappa shape index (κ2) is 7.26. The minimum absolute atomic E-state index is 0.0846. The number of hydrogen-bond acceptors (Lipinski definition) is 2. The van der Waals surface area contributed by atoms with Crippen molar-refractivity contribution in [2.45, 2.75) is 45.2 Å². The molecular formula is C16H16F4N2. The highest BCUT2D eigenvalue weighted by atomic mass is 19.4. The van der Waals surface area contributed by atoms with Crippen molar-refractivity contribution in [1.82, 2.24) is 0 Å². The Morgan fingerprint density at radius 1 is 1.09 bits per heavy atom. The molecule has 0 aliphatic rings. The molecule has 1 rings (SSSR count). The topological polar surface area (TPSA) is 47.6 Å². The molecule has 0 atom stereocenters. The molecule has 0 bridgehead atoms. The van der Waals surface area contributed by atoms with Crippen LogP contribution in [-0.4, -0.2) is 0 Å². The van der Waals surface area contributed by atoms with Crippen LogP contribution in [0.4, 0.5) is 17.6 Å². The molecule has 0 heterocycles. The molecule has 0 aromatic heterocycles. The van der Waals surface area contributed by atoms with Gasteiger partial charge < -0.3 is 0 Å². The first-order valence-corrected chi connectivity index (χ1v) is 6.96. The maximum atomic E-state index is 13.5. The lowest BCUT2D eigenvalue weighted by Gasteiger charge is -2.19. The maximum Gasteiger partial charge on any atom is 0.419 e. The van der Waals surface area contributed by atoms with Crippen LogP contribution in [0.25, 0.3) is 0 Å². The van der Waals surface area contributed by atoms with Crippen LogP contribution in [0.15, 0.2) is 18.2 Å². The Morgan fingerprint density at radius 3 is 2.18 bits per heavy atom. The van der Waals surface area contributed by atoms with Gasteiger partial charge in [-0.25, -0.2) is 4.39 Å². The summed E-state index contributed by atoms with van der Waals surface area (Å²) in [5.74, 6) is -1.39. The van der Waals surface area contributed by atoms with E-state index < -0.39 is 23.0 Å². The van der Waals surface area contributed by atoms with Gasteiger partial charge in [-0.3, -0.25) is 0 Å². The predicted octanol–water partition coefficient (Wildman–Crippen LogP) is 5.00. The molecule has 0 aliphatic carbocycles. The Kier molecular flexibility index (Phi) is 5.93. The van der Waals surface area contributed by atoms with E-state index in [9.17, 15) is 28.1 Å². The highest BCUT2D eigenvalue weighted by Crippen LogP contribution is 2.34. The summed E-state index contributed by atoms with van der Waals surface area (Å²) in [7, 11) is 0. The summed E-state index contributed by atoms with van der Waals surface area (Å²) >= 11 is 0. The van der Waals surface area contributed by atoms with Gasteiger partial charge in [-0.15, -0.1) is 0 Å².